The molecular weight excluding hydrogens is 428 g/mol. The lowest BCUT2D eigenvalue weighted by molar-refractivity contribution is -0.126. The number of amides is 1. The minimum absolute atomic E-state index is 0.123. The third-order valence-electron chi connectivity index (χ3n) is 5.98. The molecule has 1 aliphatic rings. The number of piperidine rings is 1. The number of furan rings is 1. The number of sulfonamides is 1. The molecule has 4 rings (SSSR count). The molecule has 0 spiro atoms. The molecule has 0 bridgehead atoms. The smallest absolute Gasteiger partial charge is 0.276 e. The maximum Gasteiger partial charge on any atom is 0.276 e. The molecule has 8 nitrogen and oxygen atoms in total. The Morgan fingerprint density at radius 3 is 2.66 bits per heavy atom. The SMILES string of the molecule is Cc1cc(C)c(CNC(=O)C2CCCN(S(=O)(=O)c3ccc(-c4ccn[nH]4)o3)C2)c(C)c1. The Labute approximate surface area is 188 Å². The molecule has 1 unspecified atom stereocenters. The zero-order valence-corrected chi connectivity index (χ0v) is 19.3. The second-order valence-electron chi connectivity index (χ2n) is 8.39. The molecule has 1 amide bonds. The summed E-state index contributed by atoms with van der Waals surface area (Å²) in [5, 5.41) is 9.49. The average molecular weight is 457 g/mol. The van der Waals surface area contributed by atoms with Crippen LogP contribution in [0.5, 0.6) is 0 Å². The Morgan fingerprint density at radius 1 is 1.22 bits per heavy atom. The van der Waals surface area contributed by atoms with Crippen LogP contribution in [0, 0.1) is 26.7 Å². The molecule has 2 aromatic heterocycles. The lowest BCUT2D eigenvalue weighted by atomic mass is 9.97. The molecule has 0 radical (unpaired) electrons. The number of H-pyrrole nitrogens is 1. The molecule has 1 fully saturated rings. The van der Waals surface area contributed by atoms with Crippen molar-refractivity contribution in [2.75, 3.05) is 13.1 Å². The lowest BCUT2D eigenvalue weighted by Crippen LogP contribution is -2.45. The van der Waals surface area contributed by atoms with Gasteiger partial charge in [-0.15, -0.1) is 0 Å². The van der Waals surface area contributed by atoms with Gasteiger partial charge in [-0.2, -0.15) is 9.40 Å². The van der Waals surface area contributed by atoms with Gasteiger partial charge < -0.3 is 9.73 Å². The van der Waals surface area contributed by atoms with Crippen molar-refractivity contribution in [2.24, 2.45) is 5.92 Å². The quantitative estimate of drug-likeness (QED) is 0.592. The summed E-state index contributed by atoms with van der Waals surface area (Å²) < 4.78 is 33.2. The van der Waals surface area contributed by atoms with E-state index in [0.717, 1.165) is 16.7 Å². The van der Waals surface area contributed by atoms with Gasteiger partial charge in [-0.25, -0.2) is 8.42 Å². The Hall–Kier alpha value is -2.91. The molecule has 0 aliphatic carbocycles. The van der Waals surface area contributed by atoms with Crippen LogP contribution in [0.15, 0.2) is 46.0 Å². The first-order valence-corrected chi connectivity index (χ1v) is 12.1. The van der Waals surface area contributed by atoms with Gasteiger partial charge in [0.05, 0.1) is 5.92 Å². The van der Waals surface area contributed by atoms with E-state index in [2.05, 4.69) is 34.6 Å². The number of aryl methyl sites for hydroxylation is 3. The number of rotatable bonds is 6. The highest BCUT2D eigenvalue weighted by molar-refractivity contribution is 7.89. The highest BCUT2D eigenvalue weighted by Gasteiger charge is 2.35. The van der Waals surface area contributed by atoms with Crippen molar-refractivity contribution < 1.29 is 17.6 Å². The second kappa shape index (κ2) is 8.91. The van der Waals surface area contributed by atoms with E-state index in [1.807, 2.05) is 13.8 Å². The maximum absolute atomic E-state index is 13.1. The van der Waals surface area contributed by atoms with Gasteiger partial charge in [0.15, 0.2) is 5.76 Å². The van der Waals surface area contributed by atoms with Gasteiger partial charge >= 0.3 is 0 Å². The van der Waals surface area contributed by atoms with Crippen molar-refractivity contribution >= 4 is 15.9 Å². The van der Waals surface area contributed by atoms with Crippen molar-refractivity contribution in [3.8, 4) is 11.5 Å². The van der Waals surface area contributed by atoms with Crippen LogP contribution in [0.4, 0.5) is 0 Å². The van der Waals surface area contributed by atoms with Crippen LogP contribution < -0.4 is 5.32 Å². The summed E-state index contributed by atoms with van der Waals surface area (Å²) in [4.78, 5) is 12.9. The number of hydrogen-bond acceptors (Lipinski definition) is 5. The van der Waals surface area contributed by atoms with Gasteiger partial charge in [-0.05, 0) is 68.5 Å². The highest BCUT2D eigenvalue weighted by atomic mass is 32.2. The normalized spacial score (nSPS) is 17.4. The number of nitrogens with zero attached hydrogens (tertiary/aromatic N) is 2. The topological polar surface area (TPSA) is 108 Å². The maximum atomic E-state index is 13.1. The molecule has 3 heterocycles. The van der Waals surface area contributed by atoms with Crippen LogP contribution in [-0.2, 0) is 21.4 Å². The van der Waals surface area contributed by atoms with E-state index in [0.29, 0.717) is 37.4 Å². The Bertz CT molecular complexity index is 1190. The number of aromatic nitrogens is 2. The van der Waals surface area contributed by atoms with Gasteiger partial charge in [0.1, 0.15) is 5.69 Å². The summed E-state index contributed by atoms with van der Waals surface area (Å²) in [5.41, 5.74) is 5.18. The van der Waals surface area contributed by atoms with Gasteiger partial charge in [0.25, 0.3) is 10.0 Å². The van der Waals surface area contributed by atoms with E-state index in [9.17, 15) is 13.2 Å². The molecule has 1 aromatic carbocycles. The number of carbonyl (C=O) groups is 1. The fourth-order valence-electron chi connectivity index (χ4n) is 4.31. The average Bonchev–Trinajstić information content (AvgIpc) is 3.45. The number of nitrogens with one attached hydrogen (secondary N) is 2. The summed E-state index contributed by atoms with van der Waals surface area (Å²) >= 11 is 0. The predicted molar refractivity (Wildman–Crippen MR) is 120 cm³/mol. The second-order valence-corrected chi connectivity index (χ2v) is 10.3. The summed E-state index contributed by atoms with van der Waals surface area (Å²) in [6.45, 7) is 7.07. The molecule has 32 heavy (non-hydrogen) atoms. The first kappa shape index (κ1) is 22.3. The van der Waals surface area contributed by atoms with Crippen LogP contribution in [0.1, 0.15) is 35.1 Å². The molecule has 9 heteroatoms. The van der Waals surface area contributed by atoms with Gasteiger partial charge in [0, 0.05) is 25.8 Å². The first-order chi connectivity index (χ1) is 15.3. The molecule has 0 saturated carbocycles. The van der Waals surface area contributed by atoms with E-state index in [-0.39, 0.29) is 17.5 Å². The predicted octanol–water partition coefficient (Wildman–Crippen LogP) is 3.31. The Balaban J connectivity index is 1.43. The lowest BCUT2D eigenvalue weighted by Gasteiger charge is -2.30. The first-order valence-electron chi connectivity index (χ1n) is 10.7. The molecule has 1 aliphatic heterocycles. The minimum Gasteiger partial charge on any atom is -0.442 e. The van der Waals surface area contributed by atoms with E-state index in [4.69, 9.17) is 4.42 Å². The summed E-state index contributed by atoms with van der Waals surface area (Å²) in [6, 6.07) is 8.95. The number of benzene rings is 1. The fourth-order valence-corrected chi connectivity index (χ4v) is 5.74. The van der Waals surface area contributed by atoms with Crippen molar-refractivity contribution in [1.82, 2.24) is 19.8 Å². The summed E-state index contributed by atoms with van der Waals surface area (Å²) in [5.74, 6) is -0.121. The molecule has 2 N–H and O–H groups in total. The van der Waals surface area contributed by atoms with Crippen LogP contribution in [-0.4, -0.2) is 41.9 Å². The monoisotopic (exact) mass is 456 g/mol. The van der Waals surface area contributed by atoms with Crippen LogP contribution in [0.3, 0.4) is 0 Å². The van der Waals surface area contributed by atoms with Gasteiger partial charge in [0.2, 0.25) is 11.0 Å². The van der Waals surface area contributed by atoms with E-state index < -0.39 is 15.9 Å². The number of aromatic amines is 1. The van der Waals surface area contributed by atoms with Crippen molar-refractivity contribution in [2.45, 2.75) is 45.2 Å². The Morgan fingerprint density at radius 2 is 1.97 bits per heavy atom. The van der Waals surface area contributed by atoms with Crippen molar-refractivity contribution in [3.63, 3.8) is 0 Å². The van der Waals surface area contributed by atoms with Crippen LogP contribution in [0.2, 0.25) is 0 Å². The molecule has 1 atom stereocenters. The molecule has 3 aromatic rings. The fraction of sp³-hybridized carbons (Fsp3) is 0.391. The summed E-state index contributed by atoms with van der Waals surface area (Å²) in [7, 11) is -3.83. The van der Waals surface area contributed by atoms with Gasteiger partial charge in [-0.3, -0.25) is 9.89 Å². The zero-order chi connectivity index (χ0) is 22.9. The third-order valence-corrected chi connectivity index (χ3v) is 7.72. The number of hydrogen-bond donors (Lipinski definition) is 2. The zero-order valence-electron chi connectivity index (χ0n) is 18.5. The van der Waals surface area contributed by atoms with Gasteiger partial charge in [-0.1, -0.05) is 17.7 Å². The van der Waals surface area contributed by atoms with E-state index >= 15 is 0 Å². The molecule has 170 valence electrons. The largest absolute Gasteiger partial charge is 0.442 e. The van der Waals surface area contributed by atoms with Crippen LogP contribution >= 0.6 is 0 Å². The molecule has 1 saturated heterocycles. The van der Waals surface area contributed by atoms with E-state index in [1.165, 1.54) is 15.9 Å². The minimum atomic E-state index is -3.83. The third kappa shape index (κ3) is 4.49. The highest BCUT2D eigenvalue weighted by Crippen LogP contribution is 2.28. The standard InChI is InChI=1S/C23H28N4O4S/c1-15-11-16(2)19(17(3)12-15)13-24-23(28)18-5-4-10-27(14-18)32(29,30)22-7-6-21(31-22)20-8-9-25-26-20/h6-9,11-12,18H,4-5,10,13-14H2,1-3H3,(H,24,28)(H,25,26). The van der Waals surface area contributed by atoms with E-state index in [1.54, 1.807) is 18.3 Å². The van der Waals surface area contributed by atoms with Crippen molar-refractivity contribution in [1.29, 1.82) is 0 Å². The molecular formula is C23H28N4O4S. The van der Waals surface area contributed by atoms with Crippen LogP contribution in [0.25, 0.3) is 11.5 Å². The Kier molecular flexibility index (Phi) is 6.21. The number of carbonyl (C=O) groups excluding carboxylic acids is 1. The van der Waals surface area contributed by atoms with Crippen molar-refractivity contribution in [3.05, 3.63) is 58.8 Å². The summed E-state index contributed by atoms with van der Waals surface area (Å²) in [6.07, 6.45) is 2.84.